The third-order valence-electron chi connectivity index (χ3n) is 5.34. The Morgan fingerprint density at radius 1 is 1.00 bits per heavy atom. The molecule has 1 atom stereocenters. The van der Waals surface area contributed by atoms with Crippen LogP contribution in [-0.2, 0) is 24.4 Å². The van der Waals surface area contributed by atoms with Gasteiger partial charge in [-0.2, -0.15) is 30.6 Å². The summed E-state index contributed by atoms with van der Waals surface area (Å²) in [7, 11) is -3.71. The van der Waals surface area contributed by atoms with Crippen molar-refractivity contribution in [1.29, 1.82) is 0 Å². The van der Waals surface area contributed by atoms with Crippen molar-refractivity contribution in [1.82, 2.24) is 14.2 Å². The molecule has 224 valence electrons. The number of sulfonamides is 1. The van der Waals surface area contributed by atoms with Crippen LogP contribution in [0.25, 0.3) is 10.8 Å². The molecule has 3 rings (SSSR count). The van der Waals surface area contributed by atoms with Crippen LogP contribution in [0.3, 0.4) is 0 Å². The van der Waals surface area contributed by atoms with Gasteiger partial charge >= 0.3 is 24.3 Å². The van der Waals surface area contributed by atoms with Crippen LogP contribution >= 0.6 is 0 Å². The Hall–Kier alpha value is -3.51. The number of aryl methyl sites for hydroxylation is 1. The summed E-state index contributed by atoms with van der Waals surface area (Å²) in [6.07, 6.45) is -6.26. The summed E-state index contributed by atoms with van der Waals surface area (Å²) in [4.78, 5) is 35.8. The highest BCUT2D eigenvalue weighted by atomic mass is 32.2. The van der Waals surface area contributed by atoms with E-state index in [1.54, 1.807) is 29.4 Å². The summed E-state index contributed by atoms with van der Waals surface area (Å²) >= 11 is 0. The molecule has 0 unspecified atom stereocenters. The molecule has 11 nitrogen and oxygen atoms in total. The first-order valence-corrected chi connectivity index (χ1v) is 12.6. The third-order valence-corrected chi connectivity index (χ3v) is 7.42. The quantitative estimate of drug-likeness (QED) is 0.445. The van der Waals surface area contributed by atoms with Crippen LogP contribution in [0.4, 0.5) is 26.3 Å². The molecule has 1 fully saturated rings. The zero-order valence-electron chi connectivity index (χ0n) is 21.0. The number of aliphatic carboxylic acids is 2. The van der Waals surface area contributed by atoms with Gasteiger partial charge in [0.25, 0.3) is 0 Å². The number of carboxylic acids is 2. The van der Waals surface area contributed by atoms with Crippen molar-refractivity contribution in [2.45, 2.75) is 43.6 Å². The van der Waals surface area contributed by atoms with E-state index in [9.17, 15) is 39.6 Å². The second kappa shape index (κ2) is 13.7. The summed E-state index contributed by atoms with van der Waals surface area (Å²) in [5, 5.41) is 15.8. The minimum absolute atomic E-state index is 0.0618. The molecule has 4 N–H and O–H groups in total. The van der Waals surface area contributed by atoms with Gasteiger partial charge < -0.3 is 20.8 Å². The standard InChI is InChI=1S/C18H24N4O3S.2C2HF3O2/c1-13-10-20-11-16-15(13)5-3-6-17(16)26(24,25)22-8-4-7-21(12-14(22)2)18(23)9-19;2*3-2(4,5)1(6)7/h3,5-6,10-11,14H,4,7-9,12,19H2,1-2H3;2*(H,6,7)/t14-;;/m0../s1. The number of rotatable bonds is 3. The van der Waals surface area contributed by atoms with Gasteiger partial charge in [0, 0.05) is 43.5 Å². The number of amides is 1. The molecule has 1 saturated heterocycles. The van der Waals surface area contributed by atoms with Crippen LogP contribution in [0, 0.1) is 6.92 Å². The van der Waals surface area contributed by atoms with Gasteiger partial charge in [-0.15, -0.1) is 0 Å². The summed E-state index contributed by atoms with van der Waals surface area (Å²) in [6.45, 7) is 4.91. The number of carbonyl (C=O) groups excluding carboxylic acids is 1. The Labute approximate surface area is 224 Å². The normalized spacial score (nSPS) is 16.6. The average Bonchev–Trinajstić information content (AvgIpc) is 3.05. The molecule has 18 heteroatoms. The maximum absolute atomic E-state index is 13.4. The van der Waals surface area contributed by atoms with E-state index in [2.05, 4.69) is 4.98 Å². The topological polar surface area (TPSA) is 171 Å². The summed E-state index contributed by atoms with van der Waals surface area (Å²) in [5.74, 6) is -5.67. The molecular formula is C22H26F6N4O7S. The van der Waals surface area contributed by atoms with Crippen molar-refractivity contribution in [3.8, 4) is 0 Å². The van der Waals surface area contributed by atoms with E-state index in [0.29, 0.717) is 31.4 Å². The first-order chi connectivity index (χ1) is 18.2. The van der Waals surface area contributed by atoms with Crippen LogP contribution in [0.15, 0.2) is 35.5 Å². The van der Waals surface area contributed by atoms with Crippen LogP contribution in [0.5, 0.6) is 0 Å². The molecule has 1 aliphatic rings. The van der Waals surface area contributed by atoms with Gasteiger partial charge in [-0.25, -0.2) is 18.0 Å². The van der Waals surface area contributed by atoms with E-state index in [0.717, 1.165) is 10.9 Å². The molecule has 0 aliphatic carbocycles. The first-order valence-electron chi connectivity index (χ1n) is 11.2. The minimum Gasteiger partial charge on any atom is -0.475 e. The highest BCUT2D eigenvalue weighted by Gasteiger charge is 2.39. The zero-order chi connectivity index (χ0) is 31.1. The second-order valence-electron chi connectivity index (χ2n) is 8.28. The van der Waals surface area contributed by atoms with Crippen molar-refractivity contribution in [2.75, 3.05) is 26.2 Å². The fraction of sp³-hybridized carbons (Fsp3) is 0.455. The third kappa shape index (κ3) is 9.30. The number of hydrogen-bond donors (Lipinski definition) is 3. The predicted octanol–water partition coefficient (Wildman–Crippen LogP) is 2.38. The maximum Gasteiger partial charge on any atom is 0.490 e. The lowest BCUT2D eigenvalue weighted by molar-refractivity contribution is -0.193. The number of alkyl halides is 6. The number of pyridine rings is 1. The van der Waals surface area contributed by atoms with E-state index in [1.807, 2.05) is 19.9 Å². The highest BCUT2D eigenvalue weighted by molar-refractivity contribution is 7.89. The number of benzene rings is 1. The first kappa shape index (κ1) is 34.5. The second-order valence-corrected chi connectivity index (χ2v) is 10.1. The van der Waals surface area contributed by atoms with Gasteiger partial charge in [0.15, 0.2) is 0 Å². The van der Waals surface area contributed by atoms with E-state index in [1.165, 1.54) is 4.31 Å². The lowest BCUT2D eigenvalue weighted by Crippen LogP contribution is -2.45. The van der Waals surface area contributed by atoms with E-state index >= 15 is 0 Å². The van der Waals surface area contributed by atoms with Crippen LogP contribution in [0.2, 0.25) is 0 Å². The van der Waals surface area contributed by atoms with Gasteiger partial charge in [-0.1, -0.05) is 12.1 Å². The molecule has 40 heavy (non-hydrogen) atoms. The Balaban J connectivity index is 0.000000473. The molecule has 1 aromatic heterocycles. The number of aromatic nitrogens is 1. The summed E-state index contributed by atoms with van der Waals surface area (Å²) < 4.78 is 91.7. The van der Waals surface area contributed by atoms with Crippen molar-refractivity contribution in [3.63, 3.8) is 0 Å². The number of hydrogen-bond acceptors (Lipinski definition) is 7. The Morgan fingerprint density at radius 2 is 1.52 bits per heavy atom. The largest absolute Gasteiger partial charge is 0.490 e. The molecule has 1 aromatic carbocycles. The number of halogens is 6. The van der Waals surface area contributed by atoms with Crippen LogP contribution < -0.4 is 5.73 Å². The number of fused-ring (bicyclic) bond motifs is 1. The molecule has 0 radical (unpaired) electrons. The molecule has 1 aliphatic heterocycles. The van der Waals surface area contributed by atoms with Crippen LogP contribution in [0.1, 0.15) is 18.9 Å². The van der Waals surface area contributed by atoms with Gasteiger partial charge in [-0.05, 0) is 37.3 Å². The minimum atomic E-state index is -5.08. The number of nitrogens with two attached hydrogens (primary N) is 1. The number of nitrogens with zero attached hydrogens (tertiary/aromatic N) is 3. The van der Waals surface area contributed by atoms with Gasteiger partial charge in [-0.3, -0.25) is 9.78 Å². The molecule has 0 spiro atoms. The van der Waals surface area contributed by atoms with Crippen molar-refractivity contribution in [2.24, 2.45) is 5.73 Å². The highest BCUT2D eigenvalue weighted by Crippen LogP contribution is 2.29. The Kier molecular flexibility index (Phi) is 11.8. The van der Waals surface area contributed by atoms with Crippen molar-refractivity contribution >= 4 is 38.6 Å². The van der Waals surface area contributed by atoms with Gasteiger partial charge in [0.1, 0.15) is 0 Å². The fourth-order valence-corrected chi connectivity index (χ4v) is 5.37. The van der Waals surface area contributed by atoms with E-state index in [4.69, 9.17) is 25.5 Å². The smallest absolute Gasteiger partial charge is 0.475 e. The van der Waals surface area contributed by atoms with Crippen molar-refractivity contribution in [3.05, 3.63) is 36.2 Å². The Bertz CT molecular complexity index is 1290. The van der Waals surface area contributed by atoms with Crippen LogP contribution in [-0.4, -0.2) is 95.2 Å². The van der Waals surface area contributed by atoms with Crippen molar-refractivity contribution < 1.29 is 59.4 Å². The SMILES string of the molecule is Cc1cncc2c(S(=O)(=O)N3CCCN(C(=O)CN)C[C@@H]3C)cccc12.O=C(O)C(F)(F)F.O=C(O)C(F)(F)F. The molecule has 0 bridgehead atoms. The molecule has 0 saturated carbocycles. The predicted molar refractivity (Wildman–Crippen MR) is 127 cm³/mol. The molecule has 2 heterocycles. The summed E-state index contributed by atoms with van der Waals surface area (Å²) in [5.41, 5.74) is 6.39. The summed E-state index contributed by atoms with van der Waals surface area (Å²) in [6, 6.07) is 4.96. The fourth-order valence-electron chi connectivity index (χ4n) is 3.52. The average molecular weight is 605 g/mol. The number of carboxylic acid groups (broad SMARTS) is 2. The van der Waals surface area contributed by atoms with Gasteiger partial charge in [0.05, 0.1) is 11.4 Å². The zero-order valence-corrected chi connectivity index (χ0v) is 21.8. The van der Waals surface area contributed by atoms with E-state index in [-0.39, 0.29) is 23.4 Å². The molecule has 1 amide bonds. The Morgan fingerprint density at radius 3 is 2.00 bits per heavy atom. The monoisotopic (exact) mass is 604 g/mol. The molecule has 2 aromatic rings. The van der Waals surface area contributed by atoms with Gasteiger partial charge in [0.2, 0.25) is 15.9 Å². The van der Waals surface area contributed by atoms with E-state index < -0.39 is 34.3 Å². The molecular weight excluding hydrogens is 578 g/mol. The lowest BCUT2D eigenvalue weighted by atomic mass is 10.1. The number of carbonyl (C=O) groups is 3. The lowest BCUT2D eigenvalue weighted by Gasteiger charge is -2.28. The maximum atomic E-state index is 13.4.